The molecule has 1 aromatic carbocycles. The quantitative estimate of drug-likeness (QED) is 0.305. The Kier molecular flexibility index (Phi) is 7.13. The zero-order valence-corrected chi connectivity index (χ0v) is 18.4. The van der Waals surface area contributed by atoms with Gasteiger partial charge in [-0.3, -0.25) is 9.69 Å². The molecule has 6 nitrogen and oxygen atoms in total. The van der Waals surface area contributed by atoms with Gasteiger partial charge < -0.3 is 14.6 Å². The molecule has 2 heterocycles. The Balaban J connectivity index is 1.74. The van der Waals surface area contributed by atoms with Gasteiger partial charge in [0.1, 0.15) is 6.61 Å². The van der Waals surface area contributed by atoms with Crippen molar-refractivity contribution in [1.29, 1.82) is 0 Å². The van der Waals surface area contributed by atoms with Gasteiger partial charge in [0.25, 0.3) is 0 Å². The number of nitrogens with zero attached hydrogens (tertiary/aromatic N) is 4. The molecule has 1 aromatic rings. The number of carbonyl (C=O) groups excluding carboxylic acids is 1. The number of halogens is 3. The number of oxime groups is 1. The van der Waals surface area contributed by atoms with Crippen molar-refractivity contribution in [3.05, 3.63) is 35.4 Å². The first kappa shape index (κ1) is 23.4. The van der Waals surface area contributed by atoms with Crippen molar-refractivity contribution in [3.63, 3.8) is 0 Å². The van der Waals surface area contributed by atoms with Crippen LogP contribution in [-0.4, -0.2) is 77.9 Å². The maximum absolute atomic E-state index is 12.9. The van der Waals surface area contributed by atoms with E-state index >= 15 is 0 Å². The van der Waals surface area contributed by atoms with Crippen LogP contribution in [0.25, 0.3) is 0 Å². The van der Waals surface area contributed by atoms with Crippen molar-refractivity contribution < 1.29 is 22.8 Å². The van der Waals surface area contributed by atoms with Gasteiger partial charge in [-0.1, -0.05) is 17.3 Å². The summed E-state index contributed by atoms with van der Waals surface area (Å²) >= 11 is 0. The summed E-state index contributed by atoms with van der Waals surface area (Å²) in [7, 11) is 0. The van der Waals surface area contributed by atoms with E-state index in [9.17, 15) is 18.0 Å². The number of benzene rings is 1. The van der Waals surface area contributed by atoms with Gasteiger partial charge in [0.15, 0.2) is 5.84 Å². The summed E-state index contributed by atoms with van der Waals surface area (Å²) in [6.07, 6.45) is -1.60. The summed E-state index contributed by atoms with van der Waals surface area (Å²) in [5, 5.41) is 4.25. The number of likely N-dealkylation sites (tertiary alicyclic amines) is 1. The number of hydrogen-bond acceptors (Lipinski definition) is 4. The first-order valence-corrected chi connectivity index (χ1v) is 10.8. The van der Waals surface area contributed by atoms with Gasteiger partial charge in [-0.25, -0.2) is 0 Å². The number of amidine groups is 1. The summed E-state index contributed by atoms with van der Waals surface area (Å²) in [6.45, 7) is 10.4. The fraction of sp³-hybridized carbons (Fsp3) is 0.636. The van der Waals surface area contributed by atoms with E-state index < -0.39 is 11.7 Å². The van der Waals surface area contributed by atoms with Crippen LogP contribution in [0.3, 0.4) is 0 Å². The van der Waals surface area contributed by atoms with Crippen LogP contribution in [0.5, 0.6) is 0 Å². The van der Waals surface area contributed by atoms with E-state index in [0.717, 1.165) is 57.6 Å². The molecular formula is C22H31F3N4O2. The lowest BCUT2D eigenvalue weighted by atomic mass is 9.86. The molecule has 9 heteroatoms. The normalized spacial score (nSPS) is 23.0. The smallest absolute Gasteiger partial charge is 0.394 e. The van der Waals surface area contributed by atoms with Gasteiger partial charge in [-0.05, 0) is 45.7 Å². The lowest BCUT2D eigenvalue weighted by molar-refractivity contribution is -0.137. The molecule has 2 aliphatic heterocycles. The summed E-state index contributed by atoms with van der Waals surface area (Å²) in [6, 6.07) is 5.18. The van der Waals surface area contributed by atoms with Crippen LogP contribution in [0, 0.1) is 0 Å². The SMILES string of the molecule is CCON=C(c1ccc(C(F)(F)F)cc1)N1CCN(C2(C)CCN(C=O)CC2)CC1C. The number of piperidine rings is 1. The molecule has 0 spiro atoms. The first-order valence-electron chi connectivity index (χ1n) is 10.8. The minimum Gasteiger partial charge on any atom is -0.394 e. The van der Waals surface area contributed by atoms with E-state index in [2.05, 4.69) is 28.8 Å². The number of piperazine rings is 1. The maximum Gasteiger partial charge on any atom is 0.416 e. The molecule has 0 saturated carbocycles. The average Bonchev–Trinajstić information content (AvgIpc) is 2.75. The third-order valence-corrected chi connectivity index (χ3v) is 6.44. The number of rotatable bonds is 5. The minimum absolute atomic E-state index is 0.0332. The molecule has 1 amide bonds. The standard InChI is InChI=1S/C22H31F3N4O2/c1-4-31-26-20(18-5-7-19(8-6-18)22(23,24)25)29-14-13-28(15-17(29)2)21(3)9-11-27(16-30)12-10-21/h5-8,16-17H,4,9-15H2,1-3H3. The largest absolute Gasteiger partial charge is 0.416 e. The van der Waals surface area contributed by atoms with E-state index in [1.54, 1.807) is 0 Å². The average molecular weight is 441 g/mol. The highest BCUT2D eigenvalue weighted by Crippen LogP contribution is 2.32. The molecule has 1 unspecified atom stereocenters. The van der Waals surface area contributed by atoms with Crippen molar-refractivity contribution in [1.82, 2.24) is 14.7 Å². The summed E-state index contributed by atoms with van der Waals surface area (Å²) in [4.78, 5) is 22.7. The van der Waals surface area contributed by atoms with Gasteiger partial charge in [0, 0.05) is 49.9 Å². The summed E-state index contributed by atoms with van der Waals surface area (Å²) in [5.41, 5.74) is -0.0439. The van der Waals surface area contributed by atoms with Crippen LogP contribution in [0.15, 0.2) is 29.4 Å². The number of carbonyl (C=O) groups is 1. The Morgan fingerprint density at radius 2 is 1.84 bits per heavy atom. The molecular weight excluding hydrogens is 409 g/mol. The molecule has 0 N–H and O–H groups in total. The zero-order valence-electron chi connectivity index (χ0n) is 18.4. The number of amides is 1. The number of alkyl halides is 3. The van der Waals surface area contributed by atoms with Crippen LogP contribution < -0.4 is 0 Å². The second-order valence-corrected chi connectivity index (χ2v) is 8.53. The topological polar surface area (TPSA) is 48.4 Å². The van der Waals surface area contributed by atoms with Crippen LogP contribution >= 0.6 is 0 Å². The molecule has 172 valence electrons. The zero-order chi connectivity index (χ0) is 22.6. The monoisotopic (exact) mass is 440 g/mol. The third-order valence-electron chi connectivity index (χ3n) is 6.44. The van der Waals surface area contributed by atoms with Gasteiger partial charge in [0.2, 0.25) is 6.41 Å². The molecule has 1 atom stereocenters. The molecule has 0 aromatic heterocycles. The fourth-order valence-corrected chi connectivity index (χ4v) is 4.39. The van der Waals surface area contributed by atoms with Gasteiger partial charge in [-0.2, -0.15) is 13.2 Å². The molecule has 2 aliphatic rings. The Bertz CT molecular complexity index is 774. The molecule has 0 radical (unpaired) electrons. The Morgan fingerprint density at radius 1 is 1.19 bits per heavy atom. The van der Waals surface area contributed by atoms with Crippen LogP contribution in [-0.2, 0) is 15.8 Å². The van der Waals surface area contributed by atoms with E-state index in [1.165, 1.54) is 12.1 Å². The molecule has 0 aliphatic carbocycles. The molecule has 31 heavy (non-hydrogen) atoms. The molecule has 2 fully saturated rings. The van der Waals surface area contributed by atoms with Gasteiger partial charge in [-0.15, -0.1) is 0 Å². The van der Waals surface area contributed by atoms with Crippen molar-refractivity contribution in [2.24, 2.45) is 5.16 Å². The third kappa shape index (κ3) is 5.31. The highest BCUT2D eigenvalue weighted by molar-refractivity contribution is 5.98. The summed E-state index contributed by atoms with van der Waals surface area (Å²) < 4.78 is 38.8. The van der Waals surface area contributed by atoms with Gasteiger partial charge >= 0.3 is 6.18 Å². The second-order valence-electron chi connectivity index (χ2n) is 8.53. The predicted octanol–water partition coefficient (Wildman–Crippen LogP) is 3.42. The van der Waals surface area contributed by atoms with E-state index in [0.29, 0.717) is 24.6 Å². The van der Waals surface area contributed by atoms with E-state index in [4.69, 9.17) is 4.84 Å². The predicted molar refractivity (Wildman–Crippen MR) is 113 cm³/mol. The Morgan fingerprint density at radius 3 is 2.35 bits per heavy atom. The van der Waals surface area contributed by atoms with Crippen molar-refractivity contribution >= 4 is 12.2 Å². The highest BCUT2D eigenvalue weighted by Gasteiger charge is 2.39. The molecule has 3 rings (SSSR count). The lowest BCUT2D eigenvalue weighted by Crippen LogP contribution is -2.62. The lowest BCUT2D eigenvalue weighted by Gasteiger charge is -2.51. The van der Waals surface area contributed by atoms with Crippen LogP contribution in [0.1, 0.15) is 44.7 Å². The molecule has 0 bridgehead atoms. The van der Waals surface area contributed by atoms with Crippen LogP contribution in [0.2, 0.25) is 0 Å². The summed E-state index contributed by atoms with van der Waals surface area (Å²) in [5.74, 6) is 0.559. The van der Waals surface area contributed by atoms with Crippen molar-refractivity contribution in [3.8, 4) is 0 Å². The van der Waals surface area contributed by atoms with Crippen LogP contribution in [0.4, 0.5) is 13.2 Å². The first-order chi connectivity index (χ1) is 14.7. The van der Waals surface area contributed by atoms with Crippen molar-refractivity contribution in [2.75, 3.05) is 39.3 Å². The Hall–Kier alpha value is -2.29. The highest BCUT2D eigenvalue weighted by atomic mass is 19.4. The fourth-order valence-electron chi connectivity index (χ4n) is 4.39. The molecule has 2 saturated heterocycles. The van der Waals surface area contributed by atoms with E-state index in [-0.39, 0.29) is 11.6 Å². The Labute approximate surface area is 181 Å². The second kappa shape index (κ2) is 9.46. The van der Waals surface area contributed by atoms with Gasteiger partial charge in [0.05, 0.1) is 5.56 Å². The number of hydrogen-bond donors (Lipinski definition) is 0. The minimum atomic E-state index is -4.37. The van der Waals surface area contributed by atoms with Crippen molar-refractivity contribution in [2.45, 2.75) is 51.4 Å². The maximum atomic E-state index is 12.9. The van der Waals surface area contributed by atoms with E-state index in [1.807, 2.05) is 11.8 Å².